The highest BCUT2D eigenvalue weighted by molar-refractivity contribution is 6.42. The van der Waals surface area contributed by atoms with Crippen LogP contribution in [0.1, 0.15) is 36.1 Å². The van der Waals surface area contributed by atoms with Gasteiger partial charge in [-0.05, 0) is 37.0 Å². The molecular formula is C19H18Cl2FNO3. The van der Waals surface area contributed by atoms with E-state index < -0.39 is 23.7 Å². The summed E-state index contributed by atoms with van der Waals surface area (Å²) in [7, 11) is 0. The number of ketones is 1. The lowest BCUT2D eigenvalue weighted by Gasteiger charge is -2.38. The topological polar surface area (TPSA) is 70.4 Å². The second kappa shape index (κ2) is 7.24. The number of hydrogen-bond donors (Lipinski definition) is 2. The lowest BCUT2D eigenvalue weighted by Crippen LogP contribution is -2.45. The Kier molecular flexibility index (Phi) is 5.35. The number of aliphatic hydroxyl groups is 2. The number of carbonyl (C=O) groups excluding carboxylic acids is 1. The first-order valence-corrected chi connectivity index (χ1v) is 9.02. The van der Waals surface area contributed by atoms with E-state index in [2.05, 4.69) is 4.98 Å². The molecule has 1 aliphatic rings. The van der Waals surface area contributed by atoms with Crippen LogP contribution < -0.4 is 0 Å². The van der Waals surface area contributed by atoms with Crippen molar-refractivity contribution in [3.05, 3.63) is 63.4 Å². The largest absolute Gasteiger partial charge is 0.393 e. The monoisotopic (exact) mass is 397 g/mol. The third-order valence-electron chi connectivity index (χ3n) is 4.92. The minimum absolute atomic E-state index is 0.0185. The second-order valence-electron chi connectivity index (χ2n) is 6.53. The van der Waals surface area contributed by atoms with Crippen molar-refractivity contribution in [2.75, 3.05) is 6.61 Å². The summed E-state index contributed by atoms with van der Waals surface area (Å²) >= 11 is 12.1. The van der Waals surface area contributed by atoms with E-state index in [1.54, 1.807) is 18.2 Å². The van der Waals surface area contributed by atoms with Gasteiger partial charge < -0.3 is 10.2 Å². The summed E-state index contributed by atoms with van der Waals surface area (Å²) in [4.78, 5) is 16.8. The van der Waals surface area contributed by atoms with Crippen molar-refractivity contribution >= 4 is 29.0 Å². The number of aryl methyl sites for hydroxylation is 1. The first-order valence-electron chi connectivity index (χ1n) is 8.26. The molecule has 1 heterocycles. The third-order valence-corrected chi connectivity index (χ3v) is 5.77. The number of fused-ring (bicyclic) bond motifs is 1. The Balaban J connectivity index is 1.87. The molecule has 1 aromatic heterocycles. The van der Waals surface area contributed by atoms with E-state index in [4.69, 9.17) is 23.2 Å². The number of benzene rings is 1. The summed E-state index contributed by atoms with van der Waals surface area (Å²) in [5, 5.41) is 20.7. The smallest absolute Gasteiger partial charge is 0.195 e. The van der Waals surface area contributed by atoms with Crippen LogP contribution >= 0.6 is 23.2 Å². The molecule has 2 N–H and O–H groups in total. The summed E-state index contributed by atoms with van der Waals surface area (Å²) in [5.41, 5.74) is -3.18. The number of Topliss-reactive ketones (excluding diaryl/α,β-unsaturated/α-hetero) is 1. The molecule has 1 aromatic carbocycles. The van der Waals surface area contributed by atoms with Crippen LogP contribution in [0.25, 0.3) is 0 Å². The third kappa shape index (κ3) is 3.25. The van der Waals surface area contributed by atoms with E-state index in [0.717, 1.165) is 0 Å². The molecule has 0 spiro atoms. The van der Waals surface area contributed by atoms with Crippen molar-refractivity contribution in [1.29, 1.82) is 0 Å². The lowest BCUT2D eigenvalue weighted by molar-refractivity contribution is -0.135. The lowest BCUT2D eigenvalue weighted by atomic mass is 9.72. The number of alkyl halides is 1. The molecule has 2 atom stereocenters. The molecule has 7 heteroatoms. The van der Waals surface area contributed by atoms with E-state index in [1.165, 1.54) is 18.3 Å². The van der Waals surface area contributed by atoms with Gasteiger partial charge in [-0.15, -0.1) is 0 Å². The maximum absolute atomic E-state index is 15.7. The fraction of sp³-hybridized carbons (Fsp3) is 0.368. The molecule has 138 valence electrons. The fourth-order valence-corrected chi connectivity index (χ4v) is 3.77. The Morgan fingerprint density at radius 1 is 1.23 bits per heavy atom. The maximum atomic E-state index is 15.7. The molecule has 2 aromatic rings. The Hall–Kier alpha value is -1.53. The van der Waals surface area contributed by atoms with Gasteiger partial charge in [0.25, 0.3) is 0 Å². The molecule has 2 unspecified atom stereocenters. The SMILES string of the molecule is O=C(CCc1cccc(Cl)c1Cl)C1(F)CCC(O)(CO)c2ncccc21. The van der Waals surface area contributed by atoms with Crippen molar-refractivity contribution < 1.29 is 19.4 Å². The van der Waals surface area contributed by atoms with E-state index >= 15 is 4.39 Å². The Morgan fingerprint density at radius 2 is 2.00 bits per heavy atom. The van der Waals surface area contributed by atoms with Crippen molar-refractivity contribution in [1.82, 2.24) is 4.98 Å². The molecule has 0 saturated heterocycles. The highest BCUT2D eigenvalue weighted by atomic mass is 35.5. The van der Waals surface area contributed by atoms with Gasteiger partial charge in [-0.2, -0.15) is 0 Å². The highest BCUT2D eigenvalue weighted by Gasteiger charge is 2.51. The molecule has 0 amide bonds. The zero-order valence-electron chi connectivity index (χ0n) is 13.9. The van der Waals surface area contributed by atoms with Gasteiger partial charge >= 0.3 is 0 Å². The zero-order chi connectivity index (χ0) is 18.9. The van der Waals surface area contributed by atoms with Crippen LogP contribution in [0.2, 0.25) is 10.0 Å². The van der Waals surface area contributed by atoms with Gasteiger partial charge in [0.2, 0.25) is 0 Å². The van der Waals surface area contributed by atoms with Gasteiger partial charge in [-0.1, -0.05) is 41.4 Å². The molecule has 26 heavy (non-hydrogen) atoms. The summed E-state index contributed by atoms with van der Waals surface area (Å²) in [5.74, 6) is -0.609. The molecule has 0 bridgehead atoms. The molecule has 0 fully saturated rings. The summed E-state index contributed by atoms with van der Waals surface area (Å²) < 4.78 is 15.7. The standard InChI is InChI=1S/C19H18Cl2FNO3/c20-14-5-1-3-12(16(14)21)6-7-15(25)19(22)9-8-18(26,11-24)17-13(19)4-2-10-23-17/h1-5,10,24,26H,6-9,11H2. The van der Waals surface area contributed by atoms with Crippen LogP contribution in [0, 0.1) is 0 Å². The van der Waals surface area contributed by atoms with Crippen molar-refractivity contribution in [3.8, 4) is 0 Å². The highest BCUT2D eigenvalue weighted by Crippen LogP contribution is 2.46. The minimum Gasteiger partial charge on any atom is -0.393 e. The molecule has 0 radical (unpaired) electrons. The number of hydrogen-bond acceptors (Lipinski definition) is 4. The van der Waals surface area contributed by atoms with Gasteiger partial charge in [0.15, 0.2) is 11.5 Å². The molecule has 0 saturated carbocycles. The summed E-state index contributed by atoms with van der Waals surface area (Å²) in [6, 6.07) is 8.06. The summed E-state index contributed by atoms with van der Waals surface area (Å²) in [6.45, 7) is -0.584. The van der Waals surface area contributed by atoms with Gasteiger partial charge in [0.05, 0.1) is 22.3 Å². The number of carbonyl (C=O) groups is 1. The van der Waals surface area contributed by atoms with Gasteiger partial charge in [0.1, 0.15) is 5.60 Å². The van der Waals surface area contributed by atoms with Crippen molar-refractivity contribution in [3.63, 3.8) is 0 Å². The number of pyridine rings is 1. The van der Waals surface area contributed by atoms with E-state index in [-0.39, 0.29) is 36.9 Å². The molecule has 3 rings (SSSR count). The van der Waals surface area contributed by atoms with Crippen LogP contribution in [0.5, 0.6) is 0 Å². The van der Waals surface area contributed by atoms with Gasteiger partial charge in [-0.3, -0.25) is 9.78 Å². The summed E-state index contributed by atoms with van der Waals surface area (Å²) in [6.07, 6.45) is 1.28. The quantitative estimate of drug-likeness (QED) is 0.806. The minimum atomic E-state index is -2.25. The van der Waals surface area contributed by atoms with E-state index in [1.807, 2.05) is 0 Å². The Bertz CT molecular complexity index is 847. The molecule has 4 nitrogen and oxygen atoms in total. The fourth-order valence-electron chi connectivity index (χ4n) is 3.36. The zero-order valence-corrected chi connectivity index (χ0v) is 15.4. The predicted molar refractivity (Wildman–Crippen MR) is 97.0 cm³/mol. The molecule has 0 aliphatic heterocycles. The average Bonchev–Trinajstić information content (AvgIpc) is 2.66. The number of aromatic nitrogens is 1. The van der Waals surface area contributed by atoms with Crippen LogP contribution in [-0.2, 0) is 22.5 Å². The van der Waals surface area contributed by atoms with Crippen LogP contribution in [-0.4, -0.2) is 27.6 Å². The predicted octanol–water partition coefficient (Wildman–Crippen LogP) is 3.73. The van der Waals surface area contributed by atoms with Gasteiger partial charge in [0, 0.05) is 18.2 Å². The number of nitrogens with zero attached hydrogens (tertiary/aromatic N) is 1. The van der Waals surface area contributed by atoms with Crippen LogP contribution in [0.15, 0.2) is 36.5 Å². The van der Waals surface area contributed by atoms with E-state index in [9.17, 15) is 15.0 Å². The molecule has 1 aliphatic carbocycles. The Labute approximate surface area is 160 Å². The Morgan fingerprint density at radius 3 is 2.73 bits per heavy atom. The first kappa shape index (κ1) is 19.2. The normalized spacial score (nSPS) is 25.0. The van der Waals surface area contributed by atoms with Crippen molar-refractivity contribution in [2.45, 2.75) is 37.0 Å². The van der Waals surface area contributed by atoms with Crippen LogP contribution in [0.3, 0.4) is 0 Å². The second-order valence-corrected chi connectivity index (χ2v) is 7.31. The number of rotatable bonds is 5. The van der Waals surface area contributed by atoms with Crippen LogP contribution in [0.4, 0.5) is 4.39 Å². The molecular weight excluding hydrogens is 380 g/mol. The number of aliphatic hydroxyl groups excluding tert-OH is 1. The first-order chi connectivity index (χ1) is 12.3. The van der Waals surface area contributed by atoms with Crippen molar-refractivity contribution in [2.24, 2.45) is 0 Å². The van der Waals surface area contributed by atoms with E-state index in [0.29, 0.717) is 15.6 Å². The maximum Gasteiger partial charge on any atom is 0.195 e. The average molecular weight is 398 g/mol. The van der Waals surface area contributed by atoms with Gasteiger partial charge in [-0.25, -0.2) is 4.39 Å². The number of halogens is 3.